The molecule has 0 saturated heterocycles. The van der Waals surface area contributed by atoms with Crippen LogP contribution in [0.25, 0.3) is 0 Å². The number of hydrogen-bond acceptors (Lipinski definition) is 3. The van der Waals surface area contributed by atoms with E-state index in [1.54, 1.807) is 19.0 Å². The van der Waals surface area contributed by atoms with Crippen molar-refractivity contribution < 1.29 is 9.18 Å². The van der Waals surface area contributed by atoms with Crippen LogP contribution >= 0.6 is 11.6 Å². The van der Waals surface area contributed by atoms with Gasteiger partial charge in [-0.25, -0.2) is 4.39 Å². The SMILES string of the molecule is CCCN(CC(=O)N(C)C)c1cc(F)c(Cl)cc1N. The Bertz CT molecular complexity index is 465. The summed E-state index contributed by atoms with van der Waals surface area (Å²) in [5.41, 5.74) is 6.72. The monoisotopic (exact) mass is 287 g/mol. The number of halogens is 2. The van der Waals surface area contributed by atoms with Gasteiger partial charge in [0.2, 0.25) is 5.91 Å². The fourth-order valence-corrected chi connectivity index (χ4v) is 1.86. The molecule has 0 radical (unpaired) electrons. The zero-order valence-corrected chi connectivity index (χ0v) is 12.2. The highest BCUT2D eigenvalue weighted by molar-refractivity contribution is 6.31. The van der Waals surface area contributed by atoms with Crippen molar-refractivity contribution >= 4 is 28.9 Å². The van der Waals surface area contributed by atoms with Gasteiger partial charge in [0, 0.05) is 26.7 Å². The first kappa shape index (κ1) is 15.6. The Morgan fingerprint density at radius 2 is 2.05 bits per heavy atom. The van der Waals surface area contributed by atoms with E-state index in [-0.39, 0.29) is 17.5 Å². The largest absolute Gasteiger partial charge is 0.397 e. The number of carbonyl (C=O) groups is 1. The molecule has 0 atom stereocenters. The lowest BCUT2D eigenvalue weighted by molar-refractivity contribution is -0.127. The van der Waals surface area contributed by atoms with Crippen LogP contribution in [0.15, 0.2) is 12.1 Å². The Kier molecular flexibility index (Phi) is 5.42. The molecule has 0 aromatic heterocycles. The van der Waals surface area contributed by atoms with Crippen LogP contribution in [0.3, 0.4) is 0 Å². The van der Waals surface area contributed by atoms with E-state index in [4.69, 9.17) is 17.3 Å². The Morgan fingerprint density at radius 3 is 2.58 bits per heavy atom. The molecule has 0 bridgehead atoms. The van der Waals surface area contributed by atoms with Gasteiger partial charge in [-0.1, -0.05) is 18.5 Å². The molecular weight excluding hydrogens is 269 g/mol. The van der Waals surface area contributed by atoms with Crippen LogP contribution in [-0.4, -0.2) is 38.0 Å². The van der Waals surface area contributed by atoms with Crippen molar-refractivity contribution in [3.8, 4) is 0 Å². The molecule has 0 aliphatic rings. The van der Waals surface area contributed by atoms with Crippen molar-refractivity contribution in [2.45, 2.75) is 13.3 Å². The normalized spacial score (nSPS) is 10.4. The minimum Gasteiger partial charge on any atom is -0.397 e. The van der Waals surface area contributed by atoms with E-state index < -0.39 is 5.82 Å². The van der Waals surface area contributed by atoms with E-state index in [0.29, 0.717) is 17.9 Å². The highest BCUT2D eigenvalue weighted by Crippen LogP contribution is 2.29. The maximum Gasteiger partial charge on any atom is 0.241 e. The molecule has 0 aliphatic carbocycles. The summed E-state index contributed by atoms with van der Waals surface area (Å²) in [6.07, 6.45) is 0.824. The number of nitrogens with zero attached hydrogens (tertiary/aromatic N) is 2. The smallest absolute Gasteiger partial charge is 0.241 e. The summed E-state index contributed by atoms with van der Waals surface area (Å²) < 4.78 is 13.5. The maximum atomic E-state index is 13.5. The van der Waals surface area contributed by atoms with Gasteiger partial charge in [0.15, 0.2) is 0 Å². The molecule has 6 heteroatoms. The van der Waals surface area contributed by atoms with Crippen molar-refractivity contribution in [2.75, 3.05) is 37.8 Å². The van der Waals surface area contributed by atoms with Gasteiger partial charge in [0.1, 0.15) is 5.82 Å². The highest BCUT2D eigenvalue weighted by atomic mass is 35.5. The molecule has 0 spiro atoms. The van der Waals surface area contributed by atoms with Crippen LogP contribution in [-0.2, 0) is 4.79 Å². The van der Waals surface area contributed by atoms with Crippen LogP contribution in [0.2, 0.25) is 5.02 Å². The van der Waals surface area contributed by atoms with Crippen molar-refractivity contribution in [1.29, 1.82) is 0 Å². The molecule has 0 unspecified atom stereocenters. The number of nitrogens with two attached hydrogens (primary N) is 1. The summed E-state index contributed by atoms with van der Waals surface area (Å²) in [7, 11) is 3.36. The number of nitrogen functional groups attached to an aromatic ring is 1. The fourth-order valence-electron chi connectivity index (χ4n) is 1.68. The zero-order chi connectivity index (χ0) is 14.6. The number of carbonyl (C=O) groups excluding carboxylic acids is 1. The fraction of sp³-hybridized carbons (Fsp3) is 0.462. The van der Waals surface area contributed by atoms with Crippen LogP contribution in [0.1, 0.15) is 13.3 Å². The van der Waals surface area contributed by atoms with Gasteiger partial charge in [0.25, 0.3) is 0 Å². The standard InChI is InChI=1S/C13H19ClFN3O/c1-4-5-18(8-13(19)17(2)3)12-7-10(15)9(14)6-11(12)16/h6-7H,4-5,8,16H2,1-3H3. The third-order valence-corrected chi connectivity index (χ3v) is 3.02. The first-order valence-electron chi connectivity index (χ1n) is 6.06. The molecule has 0 aliphatic heterocycles. The number of likely N-dealkylation sites (N-methyl/N-ethyl adjacent to an activating group) is 1. The lowest BCUT2D eigenvalue weighted by Gasteiger charge is -2.26. The molecule has 106 valence electrons. The number of benzene rings is 1. The van der Waals surface area contributed by atoms with Crippen LogP contribution in [0, 0.1) is 5.82 Å². The molecule has 0 saturated carbocycles. The van der Waals surface area contributed by atoms with E-state index in [1.165, 1.54) is 17.0 Å². The molecule has 1 aromatic carbocycles. The van der Waals surface area contributed by atoms with Crippen molar-refractivity contribution in [3.63, 3.8) is 0 Å². The molecular formula is C13H19ClFN3O. The second-order valence-corrected chi connectivity index (χ2v) is 4.94. The topological polar surface area (TPSA) is 49.6 Å². The molecule has 1 amide bonds. The predicted octanol–water partition coefficient (Wildman–Crippen LogP) is 2.37. The molecule has 1 rings (SSSR count). The number of hydrogen-bond donors (Lipinski definition) is 1. The van der Waals surface area contributed by atoms with Crippen molar-refractivity contribution in [1.82, 2.24) is 4.90 Å². The third kappa shape index (κ3) is 3.99. The average molecular weight is 288 g/mol. The van der Waals surface area contributed by atoms with E-state index >= 15 is 0 Å². The minimum atomic E-state index is -0.538. The quantitative estimate of drug-likeness (QED) is 0.846. The molecule has 0 fully saturated rings. The first-order valence-corrected chi connectivity index (χ1v) is 6.44. The lowest BCUT2D eigenvalue weighted by Crippen LogP contribution is -2.37. The second-order valence-electron chi connectivity index (χ2n) is 4.53. The van der Waals surface area contributed by atoms with Crippen LogP contribution < -0.4 is 10.6 Å². The van der Waals surface area contributed by atoms with E-state index in [9.17, 15) is 9.18 Å². The number of amides is 1. The van der Waals surface area contributed by atoms with Gasteiger partial charge in [-0.05, 0) is 12.5 Å². The zero-order valence-electron chi connectivity index (χ0n) is 11.4. The lowest BCUT2D eigenvalue weighted by atomic mass is 10.2. The Morgan fingerprint density at radius 1 is 1.42 bits per heavy atom. The summed E-state index contributed by atoms with van der Waals surface area (Å²) in [4.78, 5) is 15.0. The van der Waals surface area contributed by atoms with E-state index in [0.717, 1.165) is 6.42 Å². The second kappa shape index (κ2) is 6.61. The molecule has 1 aromatic rings. The van der Waals surface area contributed by atoms with E-state index in [1.807, 2.05) is 6.92 Å². The van der Waals surface area contributed by atoms with Crippen molar-refractivity contribution in [3.05, 3.63) is 23.0 Å². The average Bonchev–Trinajstić information content (AvgIpc) is 2.33. The Balaban J connectivity index is 3.05. The Hall–Kier alpha value is -1.49. The maximum absolute atomic E-state index is 13.5. The minimum absolute atomic E-state index is 0.0170. The summed E-state index contributed by atoms with van der Waals surface area (Å²) in [6, 6.07) is 2.64. The third-order valence-electron chi connectivity index (χ3n) is 2.73. The molecule has 4 nitrogen and oxygen atoms in total. The number of rotatable bonds is 5. The van der Waals surface area contributed by atoms with Gasteiger partial charge in [-0.15, -0.1) is 0 Å². The van der Waals surface area contributed by atoms with E-state index in [2.05, 4.69) is 0 Å². The van der Waals surface area contributed by atoms with Gasteiger partial charge < -0.3 is 15.5 Å². The highest BCUT2D eigenvalue weighted by Gasteiger charge is 2.16. The van der Waals surface area contributed by atoms with Gasteiger partial charge >= 0.3 is 0 Å². The predicted molar refractivity (Wildman–Crippen MR) is 77.0 cm³/mol. The van der Waals surface area contributed by atoms with Crippen LogP contribution in [0.5, 0.6) is 0 Å². The first-order chi connectivity index (χ1) is 8.86. The molecule has 0 heterocycles. The number of anilines is 2. The van der Waals surface area contributed by atoms with Crippen molar-refractivity contribution in [2.24, 2.45) is 0 Å². The van der Waals surface area contributed by atoms with Crippen LogP contribution in [0.4, 0.5) is 15.8 Å². The Labute approximate surface area is 117 Å². The summed E-state index contributed by atoms with van der Waals surface area (Å²) in [5.74, 6) is -0.604. The summed E-state index contributed by atoms with van der Waals surface area (Å²) in [5, 5.41) is -0.0170. The van der Waals surface area contributed by atoms with Gasteiger partial charge in [0.05, 0.1) is 22.9 Å². The molecule has 19 heavy (non-hydrogen) atoms. The van der Waals surface area contributed by atoms with Gasteiger partial charge in [-0.3, -0.25) is 4.79 Å². The summed E-state index contributed by atoms with van der Waals surface area (Å²) in [6.45, 7) is 2.76. The summed E-state index contributed by atoms with van der Waals surface area (Å²) >= 11 is 5.68. The van der Waals surface area contributed by atoms with Gasteiger partial charge in [-0.2, -0.15) is 0 Å². The molecule has 2 N–H and O–H groups in total.